The van der Waals surface area contributed by atoms with Gasteiger partial charge in [0.2, 0.25) is 0 Å². The van der Waals surface area contributed by atoms with Gasteiger partial charge in [0, 0.05) is 17.8 Å². The van der Waals surface area contributed by atoms with Crippen molar-refractivity contribution in [2.24, 2.45) is 5.16 Å². The number of pyridine rings is 1. The van der Waals surface area contributed by atoms with E-state index in [1.807, 2.05) is 59.2 Å². The minimum atomic E-state index is -0.192. The van der Waals surface area contributed by atoms with Crippen LogP contribution >= 0.6 is 0 Å². The first-order chi connectivity index (χ1) is 15.3. The summed E-state index contributed by atoms with van der Waals surface area (Å²) in [7, 11) is 1.54. The molecule has 3 aromatic heterocycles. The average Bonchev–Trinajstić information content (AvgIpc) is 3.20. The fourth-order valence-electron chi connectivity index (χ4n) is 4.30. The molecular formula is C24H23N5O2. The molecule has 4 aromatic rings. The van der Waals surface area contributed by atoms with E-state index < -0.39 is 0 Å². The molecule has 1 saturated carbocycles. The number of aromatic nitrogens is 4. The summed E-state index contributed by atoms with van der Waals surface area (Å²) in [5, 5.41) is 13.8. The van der Waals surface area contributed by atoms with Gasteiger partial charge in [0.1, 0.15) is 12.8 Å². The highest BCUT2D eigenvalue weighted by Crippen LogP contribution is 2.34. The Labute approximate surface area is 179 Å². The Kier molecular flexibility index (Phi) is 5.08. The number of oxime groups is 1. The van der Waals surface area contributed by atoms with Gasteiger partial charge in [0.05, 0.1) is 28.5 Å². The number of fused-ring (bicyclic) bond motifs is 1. The molecule has 5 rings (SSSR count). The monoisotopic (exact) mass is 413 g/mol. The molecule has 31 heavy (non-hydrogen) atoms. The standard InChI is InChI=1S/C24H23N5O2/c1-31-27-18-11-5-6-12-20(18)29-22(30)15-14-19(25-29)23-21-13-7-8-16-28(21)26-24(23)17-9-3-2-4-10-17/h2-4,7-10,13-16,20H,5-6,11-12H2,1H3. The van der Waals surface area contributed by atoms with Gasteiger partial charge in [0.25, 0.3) is 5.56 Å². The van der Waals surface area contributed by atoms with Crippen molar-refractivity contribution in [2.75, 3.05) is 7.11 Å². The van der Waals surface area contributed by atoms with Gasteiger partial charge in [-0.2, -0.15) is 10.2 Å². The fraction of sp³-hybridized carbons (Fsp3) is 0.250. The lowest BCUT2D eigenvalue weighted by Gasteiger charge is -2.24. The summed E-state index contributed by atoms with van der Waals surface area (Å²) in [4.78, 5) is 17.8. The predicted molar refractivity (Wildman–Crippen MR) is 120 cm³/mol. The van der Waals surface area contributed by atoms with Crippen LogP contribution in [0.15, 0.2) is 76.8 Å². The predicted octanol–water partition coefficient (Wildman–Crippen LogP) is 4.34. The van der Waals surface area contributed by atoms with Crippen molar-refractivity contribution in [2.45, 2.75) is 31.7 Å². The largest absolute Gasteiger partial charge is 0.399 e. The van der Waals surface area contributed by atoms with Crippen molar-refractivity contribution in [1.82, 2.24) is 19.4 Å². The number of hydrogen-bond acceptors (Lipinski definition) is 5. The van der Waals surface area contributed by atoms with Gasteiger partial charge in [-0.1, -0.05) is 48.0 Å². The molecule has 7 heteroatoms. The van der Waals surface area contributed by atoms with E-state index in [1.54, 1.807) is 16.8 Å². The van der Waals surface area contributed by atoms with Crippen molar-refractivity contribution in [3.8, 4) is 22.5 Å². The molecule has 156 valence electrons. The Morgan fingerprint density at radius 3 is 2.68 bits per heavy atom. The molecule has 0 bridgehead atoms. The highest BCUT2D eigenvalue weighted by molar-refractivity contribution is 5.91. The second kappa shape index (κ2) is 8.18. The van der Waals surface area contributed by atoms with Crippen molar-refractivity contribution in [3.63, 3.8) is 0 Å². The van der Waals surface area contributed by atoms with Crippen LogP contribution in [-0.4, -0.2) is 32.2 Å². The molecule has 0 radical (unpaired) electrons. The van der Waals surface area contributed by atoms with Gasteiger partial charge in [-0.05, 0) is 37.5 Å². The fourth-order valence-corrected chi connectivity index (χ4v) is 4.30. The van der Waals surface area contributed by atoms with Crippen molar-refractivity contribution in [1.29, 1.82) is 0 Å². The van der Waals surface area contributed by atoms with Gasteiger partial charge in [-0.3, -0.25) is 4.79 Å². The molecule has 3 heterocycles. The molecule has 1 aromatic carbocycles. The zero-order valence-electron chi connectivity index (χ0n) is 17.3. The lowest BCUT2D eigenvalue weighted by molar-refractivity contribution is 0.207. The second-order valence-corrected chi connectivity index (χ2v) is 7.65. The summed E-state index contributed by atoms with van der Waals surface area (Å²) in [5.74, 6) is 0. The normalized spacial score (nSPS) is 17.8. The lowest BCUT2D eigenvalue weighted by Crippen LogP contribution is -2.33. The van der Waals surface area contributed by atoms with Crippen LogP contribution < -0.4 is 5.56 Å². The first-order valence-corrected chi connectivity index (χ1v) is 10.5. The van der Waals surface area contributed by atoms with Crippen LogP contribution in [0.5, 0.6) is 0 Å². The second-order valence-electron chi connectivity index (χ2n) is 7.65. The minimum absolute atomic E-state index is 0.141. The quantitative estimate of drug-likeness (QED) is 0.467. The average molecular weight is 413 g/mol. The summed E-state index contributed by atoms with van der Waals surface area (Å²) >= 11 is 0. The van der Waals surface area contributed by atoms with Crippen molar-refractivity contribution < 1.29 is 4.84 Å². The van der Waals surface area contributed by atoms with E-state index in [0.717, 1.165) is 53.7 Å². The summed E-state index contributed by atoms with van der Waals surface area (Å²) < 4.78 is 3.42. The topological polar surface area (TPSA) is 73.8 Å². The number of nitrogens with zero attached hydrogens (tertiary/aromatic N) is 5. The molecule has 0 N–H and O–H groups in total. The lowest BCUT2D eigenvalue weighted by atomic mass is 9.93. The van der Waals surface area contributed by atoms with E-state index in [2.05, 4.69) is 5.16 Å². The third kappa shape index (κ3) is 3.52. The number of hydrogen-bond donors (Lipinski definition) is 0. The van der Waals surface area contributed by atoms with E-state index in [-0.39, 0.29) is 11.6 Å². The Bertz CT molecular complexity index is 1310. The first kappa shape index (κ1) is 19.2. The summed E-state index contributed by atoms with van der Waals surface area (Å²) in [6.45, 7) is 0. The van der Waals surface area contributed by atoms with E-state index in [0.29, 0.717) is 5.69 Å². The van der Waals surface area contributed by atoms with Crippen LogP contribution in [-0.2, 0) is 4.84 Å². The van der Waals surface area contributed by atoms with E-state index in [1.165, 1.54) is 7.11 Å². The van der Waals surface area contributed by atoms with E-state index >= 15 is 0 Å². The highest BCUT2D eigenvalue weighted by Gasteiger charge is 2.26. The molecule has 0 amide bonds. The van der Waals surface area contributed by atoms with Crippen LogP contribution in [0.2, 0.25) is 0 Å². The third-order valence-electron chi connectivity index (χ3n) is 5.72. The summed E-state index contributed by atoms with van der Waals surface area (Å²) in [5.41, 5.74) is 5.11. The number of rotatable bonds is 4. The first-order valence-electron chi connectivity index (χ1n) is 10.5. The Morgan fingerprint density at radius 1 is 1.00 bits per heavy atom. The maximum absolute atomic E-state index is 12.8. The zero-order chi connectivity index (χ0) is 21.2. The van der Waals surface area contributed by atoms with E-state index in [4.69, 9.17) is 15.0 Å². The molecule has 7 nitrogen and oxygen atoms in total. The van der Waals surface area contributed by atoms with Gasteiger partial charge < -0.3 is 4.84 Å². The highest BCUT2D eigenvalue weighted by atomic mass is 16.6. The van der Waals surface area contributed by atoms with Crippen molar-refractivity contribution in [3.05, 3.63) is 77.2 Å². The van der Waals surface area contributed by atoms with Gasteiger partial charge in [0.15, 0.2) is 0 Å². The van der Waals surface area contributed by atoms with Crippen LogP contribution in [0.4, 0.5) is 0 Å². The van der Waals surface area contributed by atoms with Crippen LogP contribution in [0.3, 0.4) is 0 Å². The molecule has 1 atom stereocenters. The molecular weight excluding hydrogens is 390 g/mol. The van der Waals surface area contributed by atoms with Crippen LogP contribution in [0.1, 0.15) is 31.7 Å². The van der Waals surface area contributed by atoms with Gasteiger partial charge >= 0.3 is 0 Å². The minimum Gasteiger partial charge on any atom is -0.399 e. The molecule has 1 aliphatic carbocycles. The van der Waals surface area contributed by atoms with Crippen LogP contribution in [0, 0.1) is 0 Å². The van der Waals surface area contributed by atoms with Gasteiger partial charge in [-0.25, -0.2) is 9.20 Å². The van der Waals surface area contributed by atoms with E-state index in [9.17, 15) is 4.79 Å². The molecule has 1 unspecified atom stereocenters. The third-order valence-corrected chi connectivity index (χ3v) is 5.72. The van der Waals surface area contributed by atoms with Crippen LogP contribution in [0.25, 0.3) is 28.0 Å². The summed E-state index contributed by atoms with van der Waals surface area (Å²) in [6, 6.07) is 19.2. The number of benzene rings is 1. The van der Waals surface area contributed by atoms with Crippen molar-refractivity contribution >= 4 is 11.2 Å². The molecule has 0 saturated heterocycles. The molecule has 0 aliphatic heterocycles. The smallest absolute Gasteiger partial charge is 0.267 e. The molecule has 1 fully saturated rings. The Balaban J connectivity index is 1.71. The Morgan fingerprint density at radius 2 is 1.84 bits per heavy atom. The Hall–Kier alpha value is -3.74. The summed E-state index contributed by atoms with van der Waals surface area (Å²) in [6.07, 6.45) is 5.62. The SMILES string of the molecule is CON=C1CCCCC1n1nc(-c2c(-c3ccccc3)nn3ccccc23)ccc1=O. The maximum atomic E-state index is 12.8. The molecule has 1 aliphatic rings. The van der Waals surface area contributed by atoms with Gasteiger partial charge in [-0.15, -0.1) is 0 Å². The maximum Gasteiger partial charge on any atom is 0.267 e. The zero-order valence-corrected chi connectivity index (χ0v) is 17.3. The molecule has 0 spiro atoms.